The topological polar surface area (TPSA) is 74.8 Å². The molecule has 2 aromatic rings. The third-order valence-corrected chi connectivity index (χ3v) is 4.07. The Bertz CT molecular complexity index is 726. The van der Waals surface area contributed by atoms with Gasteiger partial charge in [-0.3, -0.25) is 4.79 Å². The number of carbonyl (C=O) groups is 2. The number of anilines is 1. The fourth-order valence-corrected chi connectivity index (χ4v) is 2.65. The van der Waals surface area contributed by atoms with E-state index in [-0.39, 0.29) is 11.9 Å². The highest BCUT2D eigenvalue weighted by molar-refractivity contribution is 5.94. The summed E-state index contributed by atoms with van der Waals surface area (Å²) in [4.78, 5) is 32.3. The Morgan fingerprint density at radius 1 is 1.00 bits per heavy atom. The first-order valence-electron chi connectivity index (χ1n) is 8.07. The second-order valence-corrected chi connectivity index (χ2v) is 5.66. The summed E-state index contributed by atoms with van der Waals surface area (Å²) in [5, 5.41) is 2.80. The zero-order valence-corrected chi connectivity index (χ0v) is 14.0. The standard InChI is InChI=1S/C18H20N4O3/c1-25-16-8-7-15(13-19-16)20-18(24)22-11-9-21(10-12-22)17(23)14-5-3-2-4-6-14/h2-8,13H,9-12H2,1H3,(H,20,24). The average Bonchev–Trinajstić information content (AvgIpc) is 2.69. The molecule has 1 aliphatic rings. The van der Waals surface area contributed by atoms with Crippen molar-refractivity contribution in [3.63, 3.8) is 0 Å². The summed E-state index contributed by atoms with van der Waals surface area (Å²) in [6.07, 6.45) is 1.55. The van der Waals surface area contributed by atoms with Gasteiger partial charge in [-0.05, 0) is 18.2 Å². The molecule has 7 nitrogen and oxygen atoms in total. The number of amides is 3. The van der Waals surface area contributed by atoms with Crippen LogP contribution in [0.5, 0.6) is 5.88 Å². The molecule has 1 aromatic heterocycles. The molecule has 3 rings (SSSR count). The van der Waals surface area contributed by atoms with Crippen LogP contribution in [0.2, 0.25) is 0 Å². The number of nitrogens with one attached hydrogen (secondary N) is 1. The summed E-state index contributed by atoms with van der Waals surface area (Å²) in [6.45, 7) is 2.02. The Morgan fingerprint density at radius 2 is 1.68 bits per heavy atom. The molecule has 1 aromatic carbocycles. The van der Waals surface area contributed by atoms with Gasteiger partial charge in [0.25, 0.3) is 5.91 Å². The minimum Gasteiger partial charge on any atom is -0.481 e. The molecule has 2 heterocycles. The number of benzene rings is 1. The molecule has 0 radical (unpaired) electrons. The number of piperazine rings is 1. The Balaban J connectivity index is 1.53. The van der Waals surface area contributed by atoms with Crippen LogP contribution < -0.4 is 10.1 Å². The monoisotopic (exact) mass is 340 g/mol. The summed E-state index contributed by atoms with van der Waals surface area (Å²) in [5.74, 6) is 0.492. The van der Waals surface area contributed by atoms with Crippen LogP contribution in [-0.4, -0.2) is 60.0 Å². The molecule has 0 atom stereocenters. The molecule has 1 saturated heterocycles. The molecule has 25 heavy (non-hydrogen) atoms. The number of hydrogen-bond donors (Lipinski definition) is 1. The lowest BCUT2D eigenvalue weighted by atomic mass is 10.2. The quantitative estimate of drug-likeness (QED) is 0.928. The molecule has 1 N–H and O–H groups in total. The maximum absolute atomic E-state index is 12.4. The van der Waals surface area contributed by atoms with Crippen molar-refractivity contribution in [3.8, 4) is 5.88 Å². The average molecular weight is 340 g/mol. The summed E-state index contributed by atoms with van der Waals surface area (Å²) < 4.78 is 4.99. The molecular weight excluding hydrogens is 320 g/mol. The van der Waals surface area contributed by atoms with E-state index in [1.54, 1.807) is 40.3 Å². The molecule has 0 spiro atoms. The van der Waals surface area contributed by atoms with E-state index in [0.717, 1.165) is 0 Å². The number of pyridine rings is 1. The SMILES string of the molecule is COc1ccc(NC(=O)N2CCN(C(=O)c3ccccc3)CC2)cn1. The van der Waals surface area contributed by atoms with Crippen molar-refractivity contribution in [1.82, 2.24) is 14.8 Å². The lowest BCUT2D eigenvalue weighted by molar-refractivity contribution is 0.0671. The fraction of sp³-hybridized carbons (Fsp3) is 0.278. The van der Waals surface area contributed by atoms with E-state index in [0.29, 0.717) is 43.3 Å². The number of methoxy groups -OCH3 is 1. The molecule has 1 aliphatic heterocycles. The van der Waals surface area contributed by atoms with Crippen LogP contribution in [0.3, 0.4) is 0 Å². The normalized spacial score (nSPS) is 14.1. The van der Waals surface area contributed by atoms with Crippen molar-refractivity contribution in [1.29, 1.82) is 0 Å². The lowest BCUT2D eigenvalue weighted by Gasteiger charge is -2.34. The summed E-state index contributed by atoms with van der Waals surface area (Å²) in [6, 6.07) is 12.4. The molecule has 7 heteroatoms. The van der Waals surface area contributed by atoms with E-state index >= 15 is 0 Å². The van der Waals surface area contributed by atoms with Crippen molar-refractivity contribution < 1.29 is 14.3 Å². The van der Waals surface area contributed by atoms with Gasteiger partial charge in [-0.2, -0.15) is 0 Å². The van der Waals surface area contributed by atoms with Gasteiger partial charge >= 0.3 is 6.03 Å². The zero-order chi connectivity index (χ0) is 17.6. The van der Waals surface area contributed by atoms with Crippen molar-refractivity contribution in [2.75, 3.05) is 38.6 Å². The number of carbonyl (C=O) groups excluding carboxylic acids is 2. The van der Waals surface area contributed by atoms with Gasteiger partial charge in [0.1, 0.15) is 0 Å². The number of nitrogens with zero attached hydrogens (tertiary/aromatic N) is 3. The lowest BCUT2D eigenvalue weighted by Crippen LogP contribution is -2.51. The van der Waals surface area contributed by atoms with Crippen molar-refractivity contribution in [2.24, 2.45) is 0 Å². The molecule has 1 fully saturated rings. The largest absolute Gasteiger partial charge is 0.481 e. The first-order valence-corrected chi connectivity index (χ1v) is 8.07. The summed E-state index contributed by atoms with van der Waals surface area (Å²) in [5.41, 5.74) is 1.28. The molecule has 0 saturated carbocycles. The van der Waals surface area contributed by atoms with E-state index in [1.165, 1.54) is 7.11 Å². The molecular formula is C18H20N4O3. The van der Waals surface area contributed by atoms with Gasteiger partial charge in [0, 0.05) is 37.8 Å². The molecule has 0 aliphatic carbocycles. The highest BCUT2D eigenvalue weighted by atomic mass is 16.5. The summed E-state index contributed by atoms with van der Waals surface area (Å²) >= 11 is 0. The van der Waals surface area contributed by atoms with Gasteiger partial charge in [0.15, 0.2) is 0 Å². The van der Waals surface area contributed by atoms with E-state index in [1.807, 2.05) is 18.2 Å². The van der Waals surface area contributed by atoms with E-state index in [4.69, 9.17) is 4.74 Å². The molecule has 0 bridgehead atoms. The van der Waals surface area contributed by atoms with Gasteiger partial charge in [-0.15, -0.1) is 0 Å². The number of ether oxygens (including phenoxy) is 1. The molecule has 0 unspecified atom stereocenters. The predicted octanol–water partition coefficient (Wildman–Crippen LogP) is 2.08. The Hall–Kier alpha value is -3.09. The van der Waals surface area contributed by atoms with Crippen LogP contribution in [0.1, 0.15) is 10.4 Å². The van der Waals surface area contributed by atoms with Crippen LogP contribution in [0.15, 0.2) is 48.7 Å². The third-order valence-electron chi connectivity index (χ3n) is 4.07. The maximum Gasteiger partial charge on any atom is 0.322 e. The molecule has 130 valence electrons. The minimum atomic E-state index is -0.196. The number of urea groups is 1. The Kier molecular flexibility index (Phi) is 5.13. The Morgan fingerprint density at radius 3 is 2.28 bits per heavy atom. The number of hydrogen-bond acceptors (Lipinski definition) is 4. The van der Waals surface area contributed by atoms with Crippen LogP contribution >= 0.6 is 0 Å². The van der Waals surface area contributed by atoms with E-state index in [9.17, 15) is 9.59 Å². The summed E-state index contributed by atoms with van der Waals surface area (Å²) in [7, 11) is 1.54. The van der Waals surface area contributed by atoms with Crippen molar-refractivity contribution in [2.45, 2.75) is 0 Å². The van der Waals surface area contributed by atoms with Gasteiger partial charge in [0.2, 0.25) is 5.88 Å². The van der Waals surface area contributed by atoms with E-state index in [2.05, 4.69) is 10.3 Å². The van der Waals surface area contributed by atoms with Crippen molar-refractivity contribution in [3.05, 3.63) is 54.2 Å². The van der Waals surface area contributed by atoms with Crippen LogP contribution in [-0.2, 0) is 0 Å². The fourth-order valence-electron chi connectivity index (χ4n) is 2.65. The van der Waals surface area contributed by atoms with Crippen LogP contribution in [0.4, 0.5) is 10.5 Å². The number of rotatable bonds is 3. The molecule has 3 amide bonds. The second-order valence-electron chi connectivity index (χ2n) is 5.66. The smallest absolute Gasteiger partial charge is 0.322 e. The van der Waals surface area contributed by atoms with Crippen LogP contribution in [0, 0.1) is 0 Å². The van der Waals surface area contributed by atoms with Gasteiger partial charge in [-0.25, -0.2) is 9.78 Å². The Labute approximate surface area is 146 Å². The zero-order valence-electron chi connectivity index (χ0n) is 14.0. The number of aromatic nitrogens is 1. The van der Waals surface area contributed by atoms with Gasteiger partial charge in [-0.1, -0.05) is 18.2 Å². The third kappa shape index (κ3) is 4.06. The minimum absolute atomic E-state index is 0.0000116. The highest BCUT2D eigenvalue weighted by Crippen LogP contribution is 2.13. The first-order chi connectivity index (χ1) is 12.2. The van der Waals surface area contributed by atoms with Gasteiger partial charge in [0.05, 0.1) is 19.0 Å². The predicted molar refractivity (Wildman–Crippen MR) is 93.7 cm³/mol. The highest BCUT2D eigenvalue weighted by Gasteiger charge is 2.24. The second kappa shape index (κ2) is 7.65. The van der Waals surface area contributed by atoms with E-state index < -0.39 is 0 Å². The first kappa shape index (κ1) is 16.8. The van der Waals surface area contributed by atoms with Crippen LogP contribution in [0.25, 0.3) is 0 Å². The van der Waals surface area contributed by atoms with Gasteiger partial charge < -0.3 is 19.9 Å². The van der Waals surface area contributed by atoms with Crippen molar-refractivity contribution >= 4 is 17.6 Å². The maximum atomic E-state index is 12.4.